The lowest BCUT2D eigenvalue weighted by molar-refractivity contribution is 0.0898. The molecule has 3 aromatic rings. The maximum atomic E-state index is 14.9. The number of ether oxygens (including phenoxy) is 3. The molecule has 0 atom stereocenters. The van der Waals surface area contributed by atoms with Crippen LogP contribution in [0.25, 0.3) is 11.0 Å². The second-order valence-electron chi connectivity index (χ2n) is 10.9. The van der Waals surface area contributed by atoms with Gasteiger partial charge in [0, 0.05) is 54.8 Å². The highest BCUT2D eigenvalue weighted by atomic mass is 79.9. The Morgan fingerprint density at radius 1 is 1.22 bits per heavy atom. The minimum Gasteiger partial charge on any atom is -0.464 e. The Hall–Kier alpha value is -2.50. The Bertz CT molecular complexity index is 1270. The van der Waals surface area contributed by atoms with Gasteiger partial charge in [-0.15, -0.1) is 0 Å². The molecule has 0 bridgehead atoms. The molecule has 0 radical (unpaired) electrons. The summed E-state index contributed by atoms with van der Waals surface area (Å²) >= 11 is 3.52. The van der Waals surface area contributed by atoms with Gasteiger partial charge in [-0.25, -0.2) is 18.8 Å². The van der Waals surface area contributed by atoms with Gasteiger partial charge in [0.1, 0.15) is 18.1 Å². The Labute approximate surface area is 219 Å². The van der Waals surface area contributed by atoms with Crippen molar-refractivity contribution in [3.63, 3.8) is 0 Å². The van der Waals surface area contributed by atoms with Crippen LogP contribution in [0.3, 0.4) is 0 Å². The first-order valence-corrected chi connectivity index (χ1v) is 16.2. The molecule has 1 N–H and O–H groups in total. The molecule has 11 heteroatoms. The Kier molecular flexibility index (Phi) is 7.72. The van der Waals surface area contributed by atoms with Gasteiger partial charge >= 0.3 is 0 Å². The summed E-state index contributed by atoms with van der Waals surface area (Å²) in [7, 11) is -1.20. The zero-order chi connectivity index (χ0) is 26.1. The van der Waals surface area contributed by atoms with E-state index < -0.39 is 25.5 Å². The monoisotopic (exact) mass is 580 g/mol. The molecule has 0 fully saturated rings. The SMILES string of the molecule is CC1(C)CN=C(Nc2cc(F)c(Oc3ccnc4c3c(Br)cn4COCC[Si](C)(C)C)c(F)c2)OC1. The highest BCUT2D eigenvalue weighted by molar-refractivity contribution is 9.10. The molecule has 0 saturated heterocycles. The lowest BCUT2D eigenvalue weighted by atomic mass is 9.95. The summed E-state index contributed by atoms with van der Waals surface area (Å²) in [5, 5.41) is 3.42. The molecule has 0 saturated carbocycles. The largest absolute Gasteiger partial charge is 0.464 e. The number of halogens is 3. The molecule has 1 aromatic carbocycles. The number of fused-ring (bicyclic) bond motifs is 1. The Morgan fingerprint density at radius 3 is 2.58 bits per heavy atom. The zero-order valence-corrected chi connectivity index (χ0v) is 23.7. The number of hydrogen-bond acceptors (Lipinski definition) is 6. The van der Waals surface area contributed by atoms with Crippen LogP contribution in [0.15, 0.2) is 40.1 Å². The summed E-state index contributed by atoms with van der Waals surface area (Å²) in [6.45, 7) is 12.9. The third-order valence-corrected chi connectivity index (χ3v) is 7.92. The molecule has 0 spiro atoms. The van der Waals surface area contributed by atoms with E-state index in [1.807, 2.05) is 24.6 Å². The van der Waals surface area contributed by atoms with Crippen LogP contribution in [-0.2, 0) is 16.2 Å². The van der Waals surface area contributed by atoms with Gasteiger partial charge in [-0.3, -0.25) is 0 Å². The van der Waals surface area contributed by atoms with Gasteiger partial charge in [0.2, 0.25) is 0 Å². The van der Waals surface area contributed by atoms with Crippen LogP contribution in [0.5, 0.6) is 11.5 Å². The van der Waals surface area contributed by atoms with E-state index in [0.717, 1.165) is 18.2 Å². The predicted octanol–water partition coefficient (Wildman–Crippen LogP) is 7.01. The summed E-state index contributed by atoms with van der Waals surface area (Å²) in [5.74, 6) is -1.95. The first-order valence-electron chi connectivity index (χ1n) is 11.7. The molecule has 3 heterocycles. The van der Waals surface area contributed by atoms with Crippen molar-refractivity contribution >= 4 is 46.7 Å². The van der Waals surface area contributed by atoms with Crippen molar-refractivity contribution in [1.29, 1.82) is 0 Å². The third-order valence-electron chi connectivity index (χ3n) is 5.61. The van der Waals surface area contributed by atoms with E-state index in [1.165, 1.54) is 6.20 Å². The molecule has 194 valence electrons. The van der Waals surface area contributed by atoms with Crippen molar-refractivity contribution in [2.75, 3.05) is 25.1 Å². The van der Waals surface area contributed by atoms with E-state index in [9.17, 15) is 8.78 Å². The van der Waals surface area contributed by atoms with Crippen LogP contribution < -0.4 is 10.1 Å². The molecule has 1 aliphatic rings. The van der Waals surface area contributed by atoms with Crippen LogP contribution >= 0.6 is 15.9 Å². The topological polar surface area (TPSA) is 69.9 Å². The number of nitrogens with zero attached hydrogens (tertiary/aromatic N) is 3. The first-order chi connectivity index (χ1) is 16.9. The quantitative estimate of drug-likeness (QED) is 0.229. The van der Waals surface area contributed by atoms with Crippen molar-refractivity contribution in [3.05, 3.63) is 46.7 Å². The van der Waals surface area contributed by atoms with E-state index in [2.05, 4.69) is 50.9 Å². The van der Waals surface area contributed by atoms with E-state index in [0.29, 0.717) is 42.0 Å². The number of aromatic nitrogens is 2. The molecular weight excluding hydrogens is 550 g/mol. The van der Waals surface area contributed by atoms with Gasteiger partial charge in [-0.2, -0.15) is 0 Å². The molecule has 4 rings (SSSR count). The van der Waals surface area contributed by atoms with Crippen molar-refractivity contribution < 1.29 is 23.0 Å². The van der Waals surface area contributed by atoms with Crippen molar-refractivity contribution in [2.24, 2.45) is 10.4 Å². The highest BCUT2D eigenvalue weighted by Crippen LogP contribution is 2.38. The van der Waals surface area contributed by atoms with Crippen molar-refractivity contribution in [1.82, 2.24) is 9.55 Å². The predicted molar refractivity (Wildman–Crippen MR) is 144 cm³/mol. The molecule has 1 aliphatic heterocycles. The summed E-state index contributed by atoms with van der Waals surface area (Å²) in [6.07, 6.45) is 3.36. The number of anilines is 1. The number of benzene rings is 1. The van der Waals surface area contributed by atoms with E-state index >= 15 is 0 Å². The number of rotatable bonds is 8. The lowest BCUT2D eigenvalue weighted by Crippen LogP contribution is -2.33. The Morgan fingerprint density at radius 2 is 1.94 bits per heavy atom. The summed E-state index contributed by atoms with van der Waals surface area (Å²) < 4.78 is 49.6. The van der Waals surface area contributed by atoms with Crippen molar-refractivity contribution in [2.45, 2.75) is 46.3 Å². The summed E-state index contributed by atoms with van der Waals surface area (Å²) in [5.41, 5.74) is 0.683. The van der Waals surface area contributed by atoms with Gasteiger partial charge in [-0.05, 0) is 28.0 Å². The minimum atomic E-state index is -1.20. The van der Waals surface area contributed by atoms with Gasteiger partial charge in [0.25, 0.3) is 6.02 Å². The van der Waals surface area contributed by atoms with E-state index in [4.69, 9.17) is 14.2 Å². The number of nitrogens with one attached hydrogen (secondary N) is 1. The molecule has 0 unspecified atom stereocenters. The van der Waals surface area contributed by atoms with Gasteiger partial charge in [0.05, 0.1) is 18.5 Å². The fourth-order valence-corrected chi connectivity index (χ4v) is 4.92. The molecule has 2 aromatic heterocycles. The zero-order valence-electron chi connectivity index (χ0n) is 21.1. The fourth-order valence-electron chi connectivity index (χ4n) is 3.54. The van der Waals surface area contributed by atoms with Crippen molar-refractivity contribution in [3.8, 4) is 11.5 Å². The molecule has 0 amide bonds. The molecular formula is C25H31BrF2N4O3Si. The van der Waals surface area contributed by atoms with E-state index in [-0.39, 0.29) is 22.9 Å². The van der Waals surface area contributed by atoms with Crippen LogP contribution in [-0.4, -0.2) is 43.4 Å². The number of amidine groups is 1. The second kappa shape index (κ2) is 10.5. The van der Waals surface area contributed by atoms with Gasteiger partial charge in [0.15, 0.2) is 17.4 Å². The van der Waals surface area contributed by atoms with Gasteiger partial charge < -0.3 is 24.1 Å². The normalized spacial score (nSPS) is 15.5. The summed E-state index contributed by atoms with van der Waals surface area (Å²) in [6, 6.07) is 5.15. The minimum absolute atomic E-state index is 0.0808. The fraction of sp³-hybridized carbons (Fsp3) is 0.440. The average Bonchev–Trinajstić information content (AvgIpc) is 3.11. The second-order valence-corrected chi connectivity index (χ2v) is 17.3. The number of hydrogen-bond donors (Lipinski definition) is 1. The lowest BCUT2D eigenvalue weighted by Gasteiger charge is -2.28. The smallest absolute Gasteiger partial charge is 0.289 e. The maximum absolute atomic E-state index is 14.9. The van der Waals surface area contributed by atoms with Crippen LogP contribution in [0.2, 0.25) is 25.7 Å². The molecule has 0 aliphatic carbocycles. The number of aliphatic imine (C=N–C) groups is 1. The van der Waals surface area contributed by atoms with E-state index in [1.54, 1.807) is 6.07 Å². The average molecular weight is 582 g/mol. The van der Waals surface area contributed by atoms with Gasteiger partial charge in [-0.1, -0.05) is 33.5 Å². The molecule has 36 heavy (non-hydrogen) atoms. The van der Waals surface area contributed by atoms with Crippen LogP contribution in [0.4, 0.5) is 14.5 Å². The Balaban J connectivity index is 1.52. The van der Waals surface area contributed by atoms with Crippen LogP contribution in [0, 0.1) is 17.0 Å². The highest BCUT2D eigenvalue weighted by Gasteiger charge is 2.25. The molecule has 7 nitrogen and oxygen atoms in total. The first kappa shape index (κ1) is 26.6. The van der Waals surface area contributed by atoms with Crippen LogP contribution in [0.1, 0.15) is 13.8 Å². The third kappa shape index (κ3) is 6.43. The maximum Gasteiger partial charge on any atom is 0.289 e. The number of pyridine rings is 1. The standard InChI is InChI=1S/C25H31BrF2N4O3Si/c1-25(2)13-30-24(34-14-25)31-16-10-18(27)22(19(28)11-16)35-20-6-7-29-23-21(20)17(26)12-32(23)15-33-8-9-36(3,4)5/h6-7,10-12H,8-9,13-15H2,1-5H3,(H,30,31). The summed E-state index contributed by atoms with van der Waals surface area (Å²) in [4.78, 5) is 8.72.